The fourth-order valence-corrected chi connectivity index (χ4v) is 2.80. The van der Waals surface area contributed by atoms with E-state index in [4.69, 9.17) is 0 Å². The minimum Gasteiger partial charge on any atom is -0.348 e. The van der Waals surface area contributed by atoms with E-state index in [0.717, 1.165) is 20.9 Å². The number of aromatic amines is 1. The summed E-state index contributed by atoms with van der Waals surface area (Å²) < 4.78 is 0.837. The monoisotopic (exact) mass is 370 g/mol. The summed E-state index contributed by atoms with van der Waals surface area (Å²) in [5.41, 5.74) is 2.79. The third-order valence-electron chi connectivity index (χ3n) is 3.60. The lowest BCUT2D eigenvalue weighted by molar-refractivity contribution is 0.0950. The number of carbonyl (C=O) groups excluding carboxylic acids is 1. The highest BCUT2D eigenvalue weighted by molar-refractivity contribution is 9.10. The number of halogens is 1. The predicted molar refractivity (Wildman–Crippen MR) is 94.6 cm³/mol. The van der Waals surface area contributed by atoms with Crippen LogP contribution in [0.4, 0.5) is 0 Å². The molecule has 1 heterocycles. The minimum absolute atomic E-state index is 0.183. The standard InChI is InChI=1S/C18H15BrN2O2/c1-11-5-6-12-8-14(18(23)21-16(12)7-11)10-20-17(22)13-3-2-4-15(19)9-13/h2-9H,10H2,1H3,(H,20,22)(H,21,23). The van der Waals surface area contributed by atoms with Crippen molar-refractivity contribution >= 4 is 32.7 Å². The summed E-state index contributed by atoms with van der Waals surface area (Å²) >= 11 is 3.34. The normalized spacial score (nSPS) is 10.7. The van der Waals surface area contributed by atoms with Crippen molar-refractivity contribution in [2.24, 2.45) is 0 Å². The fourth-order valence-electron chi connectivity index (χ4n) is 2.40. The van der Waals surface area contributed by atoms with Crippen LogP contribution in [0.3, 0.4) is 0 Å². The summed E-state index contributed by atoms with van der Waals surface area (Å²) in [6, 6.07) is 14.8. The molecule has 23 heavy (non-hydrogen) atoms. The second-order valence-electron chi connectivity index (χ2n) is 5.41. The van der Waals surface area contributed by atoms with Crippen LogP contribution in [-0.4, -0.2) is 10.9 Å². The van der Waals surface area contributed by atoms with Gasteiger partial charge >= 0.3 is 0 Å². The van der Waals surface area contributed by atoms with Gasteiger partial charge in [-0.05, 0) is 48.2 Å². The molecule has 4 nitrogen and oxygen atoms in total. The number of aromatic nitrogens is 1. The molecule has 0 bridgehead atoms. The van der Waals surface area contributed by atoms with Gasteiger partial charge in [-0.3, -0.25) is 9.59 Å². The molecule has 2 aromatic carbocycles. The van der Waals surface area contributed by atoms with Gasteiger partial charge in [0.1, 0.15) is 0 Å². The first-order valence-electron chi connectivity index (χ1n) is 7.19. The first-order valence-corrected chi connectivity index (χ1v) is 7.98. The molecule has 116 valence electrons. The van der Waals surface area contributed by atoms with Crippen LogP contribution < -0.4 is 10.9 Å². The zero-order valence-electron chi connectivity index (χ0n) is 12.5. The van der Waals surface area contributed by atoms with Crippen LogP contribution in [-0.2, 0) is 6.54 Å². The molecule has 1 aromatic heterocycles. The van der Waals surface area contributed by atoms with E-state index in [1.54, 1.807) is 18.2 Å². The summed E-state index contributed by atoms with van der Waals surface area (Å²) in [5.74, 6) is -0.213. The van der Waals surface area contributed by atoms with Crippen molar-refractivity contribution in [1.82, 2.24) is 10.3 Å². The Labute approximate surface area is 141 Å². The van der Waals surface area contributed by atoms with E-state index in [2.05, 4.69) is 26.2 Å². The van der Waals surface area contributed by atoms with Crippen molar-refractivity contribution in [1.29, 1.82) is 0 Å². The fraction of sp³-hybridized carbons (Fsp3) is 0.111. The van der Waals surface area contributed by atoms with E-state index in [1.807, 2.05) is 37.3 Å². The summed E-state index contributed by atoms with van der Waals surface area (Å²) in [6.07, 6.45) is 0. The summed E-state index contributed by atoms with van der Waals surface area (Å²) in [6.45, 7) is 2.16. The molecule has 2 N–H and O–H groups in total. The molecule has 5 heteroatoms. The number of pyridine rings is 1. The number of amides is 1. The van der Waals surface area contributed by atoms with Crippen LogP contribution in [0, 0.1) is 6.92 Å². The molecule has 1 amide bonds. The SMILES string of the molecule is Cc1ccc2cc(CNC(=O)c3cccc(Br)c3)c(=O)[nH]c2c1. The maximum absolute atomic E-state index is 12.1. The Bertz CT molecular complexity index is 947. The van der Waals surface area contributed by atoms with Gasteiger partial charge in [-0.2, -0.15) is 0 Å². The Balaban J connectivity index is 1.81. The molecule has 3 aromatic rings. The summed E-state index contributed by atoms with van der Waals surface area (Å²) in [4.78, 5) is 27.1. The molecular weight excluding hydrogens is 356 g/mol. The highest BCUT2D eigenvalue weighted by Gasteiger charge is 2.08. The molecule has 0 radical (unpaired) electrons. The number of H-pyrrole nitrogens is 1. The van der Waals surface area contributed by atoms with Gasteiger partial charge in [-0.25, -0.2) is 0 Å². The molecular formula is C18H15BrN2O2. The third-order valence-corrected chi connectivity index (χ3v) is 4.10. The predicted octanol–water partition coefficient (Wildman–Crippen LogP) is 3.53. The Morgan fingerprint density at radius 1 is 1.17 bits per heavy atom. The van der Waals surface area contributed by atoms with Gasteiger partial charge in [0.25, 0.3) is 11.5 Å². The molecule has 0 fully saturated rings. The molecule has 0 aliphatic carbocycles. The second-order valence-corrected chi connectivity index (χ2v) is 6.32. The Kier molecular flexibility index (Phi) is 4.30. The number of nitrogens with one attached hydrogen (secondary N) is 2. The lowest BCUT2D eigenvalue weighted by atomic mass is 10.1. The van der Waals surface area contributed by atoms with E-state index >= 15 is 0 Å². The summed E-state index contributed by atoms with van der Waals surface area (Å²) in [5, 5.41) is 3.73. The molecule has 0 spiro atoms. The Morgan fingerprint density at radius 3 is 2.78 bits per heavy atom. The van der Waals surface area contributed by atoms with E-state index in [1.165, 1.54) is 0 Å². The minimum atomic E-state index is -0.213. The van der Waals surface area contributed by atoms with Crippen LogP contribution in [0.2, 0.25) is 0 Å². The van der Waals surface area contributed by atoms with E-state index < -0.39 is 0 Å². The lowest BCUT2D eigenvalue weighted by Crippen LogP contribution is -2.26. The largest absolute Gasteiger partial charge is 0.348 e. The van der Waals surface area contributed by atoms with Crippen molar-refractivity contribution in [3.63, 3.8) is 0 Å². The van der Waals surface area contributed by atoms with Crippen LogP contribution in [0.1, 0.15) is 21.5 Å². The smallest absolute Gasteiger partial charge is 0.253 e. The van der Waals surface area contributed by atoms with Crippen LogP contribution in [0.25, 0.3) is 10.9 Å². The Morgan fingerprint density at radius 2 is 2.00 bits per heavy atom. The van der Waals surface area contributed by atoms with E-state index in [9.17, 15) is 9.59 Å². The van der Waals surface area contributed by atoms with Crippen LogP contribution >= 0.6 is 15.9 Å². The molecule has 0 saturated heterocycles. The van der Waals surface area contributed by atoms with Crippen molar-refractivity contribution in [3.8, 4) is 0 Å². The molecule has 0 unspecified atom stereocenters. The number of rotatable bonds is 3. The zero-order valence-corrected chi connectivity index (χ0v) is 14.1. The highest BCUT2D eigenvalue weighted by atomic mass is 79.9. The Hall–Kier alpha value is -2.40. The third kappa shape index (κ3) is 3.51. The topological polar surface area (TPSA) is 62.0 Å². The van der Waals surface area contributed by atoms with Crippen molar-refractivity contribution in [2.45, 2.75) is 13.5 Å². The second kappa shape index (κ2) is 6.38. The quantitative estimate of drug-likeness (QED) is 0.740. The van der Waals surface area contributed by atoms with Crippen LogP contribution in [0.15, 0.2) is 57.8 Å². The molecule has 0 saturated carbocycles. The number of aryl methyl sites for hydroxylation is 1. The van der Waals surface area contributed by atoms with Gasteiger partial charge in [0.2, 0.25) is 0 Å². The number of hydrogen-bond acceptors (Lipinski definition) is 2. The lowest BCUT2D eigenvalue weighted by Gasteiger charge is -2.07. The molecule has 0 aliphatic rings. The highest BCUT2D eigenvalue weighted by Crippen LogP contribution is 2.14. The van der Waals surface area contributed by atoms with E-state index in [-0.39, 0.29) is 18.0 Å². The van der Waals surface area contributed by atoms with Gasteiger partial charge in [0.15, 0.2) is 0 Å². The molecule has 0 aliphatic heterocycles. The van der Waals surface area contributed by atoms with Gasteiger partial charge in [-0.1, -0.05) is 34.1 Å². The van der Waals surface area contributed by atoms with Gasteiger partial charge in [-0.15, -0.1) is 0 Å². The maximum Gasteiger partial charge on any atom is 0.253 e. The van der Waals surface area contributed by atoms with Crippen molar-refractivity contribution in [2.75, 3.05) is 0 Å². The average molecular weight is 371 g/mol. The zero-order chi connectivity index (χ0) is 16.4. The number of hydrogen-bond donors (Lipinski definition) is 2. The van der Waals surface area contributed by atoms with Crippen molar-refractivity contribution < 1.29 is 4.79 Å². The number of fused-ring (bicyclic) bond motifs is 1. The molecule has 3 rings (SSSR count). The van der Waals surface area contributed by atoms with Gasteiger partial charge in [0, 0.05) is 27.7 Å². The number of benzene rings is 2. The van der Waals surface area contributed by atoms with E-state index in [0.29, 0.717) is 11.1 Å². The molecule has 0 atom stereocenters. The maximum atomic E-state index is 12.1. The van der Waals surface area contributed by atoms with Crippen molar-refractivity contribution in [3.05, 3.63) is 80.0 Å². The average Bonchev–Trinajstić information content (AvgIpc) is 2.52. The summed E-state index contributed by atoms with van der Waals surface area (Å²) in [7, 11) is 0. The van der Waals surface area contributed by atoms with Crippen LogP contribution in [0.5, 0.6) is 0 Å². The van der Waals surface area contributed by atoms with Gasteiger partial charge in [0.05, 0.1) is 0 Å². The number of carbonyl (C=O) groups is 1. The first-order chi connectivity index (χ1) is 11.0. The first kappa shape index (κ1) is 15.5. The van der Waals surface area contributed by atoms with Gasteiger partial charge < -0.3 is 10.3 Å².